The summed E-state index contributed by atoms with van der Waals surface area (Å²) >= 11 is 0. The van der Waals surface area contributed by atoms with Gasteiger partial charge in [0.25, 0.3) is 0 Å². The molecule has 2 unspecified atom stereocenters. The Bertz CT molecular complexity index is 233. The van der Waals surface area contributed by atoms with Gasteiger partial charge in [0.1, 0.15) is 6.04 Å². The lowest BCUT2D eigenvalue weighted by atomic mass is 9.95. The van der Waals surface area contributed by atoms with Crippen molar-refractivity contribution in [3.05, 3.63) is 0 Å². The molecule has 2 N–H and O–H groups in total. The van der Waals surface area contributed by atoms with E-state index in [0.717, 1.165) is 25.6 Å². The number of carboxylic acids is 1. The van der Waals surface area contributed by atoms with E-state index in [1.54, 1.807) is 0 Å². The van der Waals surface area contributed by atoms with Crippen LogP contribution in [0.3, 0.4) is 0 Å². The molecule has 0 saturated carbocycles. The Kier molecular flexibility index (Phi) is 6.52. The number of nitrogens with zero attached hydrogens (tertiary/aromatic N) is 1. The van der Waals surface area contributed by atoms with E-state index in [0.29, 0.717) is 13.0 Å². The Morgan fingerprint density at radius 1 is 1.53 bits per heavy atom. The smallest absolute Gasteiger partial charge is 0.320 e. The van der Waals surface area contributed by atoms with Crippen LogP contribution in [0, 0.1) is 5.92 Å². The highest BCUT2D eigenvalue weighted by Gasteiger charge is 2.21. The minimum atomic E-state index is -0.726. The number of likely N-dealkylation sites (N-methyl/N-ethyl adjacent to an activating group) is 1. The van der Waals surface area contributed by atoms with E-state index in [4.69, 9.17) is 5.11 Å². The second-order valence-electron chi connectivity index (χ2n) is 4.95. The summed E-state index contributed by atoms with van der Waals surface area (Å²) in [6.07, 6.45) is 4.55. The summed E-state index contributed by atoms with van der Waals surface area (Å²) in [5, 5.41) is 12.1. The van der Waals surface area contributed by atoms with Crippen LogP contribution < -0.4 is 5.32 Å². The van der Waals surface area contributed by atoms with Gasteiger partial charge in [0, 0.05) is 13.1 Å². The van der Waals surface area contributed by atoms with Gasteiger partial charge in [-0.05, 0) is 38.3 Å². The minimum absolute atomic E-state index is 0.387. The maximum absolute atomic E-state index is 11.0. The Labute approximate surface area is 104 Å². The average molecular weight is 242 g/mol. The van der Waals surface area contributed by atoms with Crippen LogP contribution in [0.5, 0.6) is 0 Å². The molecule has 0 aromatic heterocycles. The van der Waals surface area contributed by atoms with Crippen molar-refractivity contribution in [1.29, 1.82) is 0 Å². The van der Waals surface area contributed by atoms with Crippen molar-refractivity contribution in [1.82, 2.24) is 10.2 Å². The Balaban J connectivity index is 2.30. The van der Waals surface area contributed by atoms with E-state index in [1.807, 2.05) is 6.92 Å². The molecule has 1 aliphatic rings. The van der Waals surface area contributed by atoms with E-state index in [-0.39, 0.29) is 6.04 Å². The third kappa shape index (κ3) is 5.04. The normalized spacial score (nSPS) is 23.5. The van der Waals surface area contributed by atoms with Crippen molar-refractivity contribution in [2.45, 2.75) is 45.6 Å². The van der Waals surface area contributed by atoms with Crippen LogP contribution in [-0.4, -0.2) is 48.2 Å². The lowest BCUT2D eigenvalue weighted by Crippen LogP contribution is -2.42. The molecule has 1 heterocycles. The highest BCUT2D eigenvalue weighted by molar-refractivity contribution is 5.73. The van der Waals surface area contributed by atoms with Crippen LogP contribution in [-0.2, 0) is 4.79 Å². The van der Waals surface area contributed by atoms with Crippen molar-refractivity contribution >= 4 is 5.97 Å². The molecule has 4 heteroatoms. The highest BCUT2D eigenvalue weighted by atomic mass is 16.4. The number of nitrogens with one attached hydrogen (secondary N) is 1. The number of piperidine rings is 1. The molecule has 1 saturated heterocycles. The fourth-order valence-corrected chi connectivity index (χ4v) is 2.56. The van der Waals surface area contributed by atoms with Crippen LogP contribution in [0.25, 0.3) is 0 Å². The minimum Gasteiger partial charge on any atom is -0.480 e. The van der Waals surface area contributed by atoms with E-state index < -0.39 is 5.97 Å². The first kappa shape index (κ1) is 14.5. The first-order chi connectivity index (χ1) is 8.17. The maximum Gasteiger partial charge on any atom is 0.320 e. The molecule has 0 radical (unpaired) electrons. The van der Waals surface area contributed by atoms with Gasteiger partial charge in [-0.25, -0.2) is 0 Å². The third-order valence-electron chi connectivity index (χ3n) is 3.66. The quantitative estimate of drug-likeness (QED) is 0.711. The molecule has 1 aliphatic heterocycles. The standard InChI is InChI=1S/C13H26N2O2/c1-3-11-6-5-8-15(10-11)9-7-12(13(16)17)14-4-2/h11-12,14H,3-10H2,1-2H3,(H,16,17). The van der Waals surface area contributed by atoms with Crippen molar-refractivity contribution < 1.29 is 9.90 Å². The maximum atomic E-state index is 11.0. The number of carbonyl (C=O) groups is 1. The largest absolute Gasteiger partial charge is 0.480 e. The molecule has 4 nitrogen and oxygen atoms in total. The van der Waals surface area contributed by atoms with Gasteiger partial charge in [-0.1, -0.05) is 20.3 Å². The molecule has 0 spiro atoms. The number of carboxylic acid groups (broad SMARTS) is 1. The Hall–Kier alpha value is -0.610. The summed E-state index contributed by atoms with van der Waals surface area (Å²) in [5.41, 5.74) is 0. The topological polar surface area (TPSA) is 52.6 Å². The van der Waals surface area contributed by atoms with Crippen LogP contribution in [0.4, 0.5) is 0 Å². The summed E-state index contributed by atoms with van der Waals surface area (Å²) in [7, 11) is 0. The van der Waals surface area contributed by atoms with Gasteiger partial charge in [0.2, 0.25) is 0 Å². The van der Waals surface area contributed by atoms with Crippen molar-refractivity contribution in [3.63, 3.8) is 0 Å². The van der Waals surface area contributed by atoms with E-state index >= 15 is 0 Å². The SMILES string of the molecule is CCNC(CCN1CCCC(CC)C1)C(=O)O. The number of aliphatic carboxylic acids is 1. The molecule has 0 amide bonds. The fourth-order valence-electron chi connectivity index (χ4n) is 2.56. The Morgan fingerprint density at radius 2 is 2.29 bits per heavy atom. The summed E-state index contributed by atoms with van der Waals surface area (Å²) in [6.45, 7) is 8.09. The van der Waals surface area contributed by atoms with Crippen LogP contribution in [0.1, 0.15) is 39.5 Å². The average Bonchev–Trinajstić information content (AvgIpc) is 2.34. The van der Waals surface area contributed by atoms with Crippen LogP contribution >= 0.6 is 0 Å². The van der Waals surface area contributed by atoms with Gasteiger partial charge in [0.05, 0.1) is 0 Å². The lowest BCUT2D eigenvalue weighted by molar-refractivity contribution is -0.139. The molecule has 0 bridgehead atoms. The highest BCUT2D eigenvalue weighted by Crippen LogP contribution is 2.19. The predicted octanol–water partition coefficient (Wildman–Crippen LogP) is 1.56. The molecule has 1 rings (SSSR count). The number of rotatable bonds is 7. The van der Waals surface area contributed by atoms with E-state index in [1.165, 1.54) is 19.3 Å². The molecule has 0 aromatic rings. The zero-order chi connectivity index (χ0) is 12.7. The number of hydrogen-bond donors (Lipinski definition) is 2. The second-order valence-corrected chi connectivity index (χ2v) is 4.95. The van der Waals surface area contributed by atoms with Gasteiger partial charge in [-0.3, -0.25) is 4.79 Å². The molecule has 1 fully saturated rings. The lowest BCUT2D eigenvalue weighted by Gasteiger charge is -2.32. The van der Waals surface area contributed by atoms with Crippen molar-refractivity contribution in [2.75, 3.05) is 26.2 Å². The third-order valence-corrected chi connectivity index (χ3v) is 3.66. The van der Waals surface area contributed by atoms with Gasteiger partial charge in [0.15, 0.2) is 0 Å². The summed E-state index contributed by atoms with van der Waals surface area (Å²) in [4.78, 5) is 13.4. The van der Waals surface area contributed by atoms with Gasteiger partial charge in [-0.2, -0.15) is 0 Å². The monoisotopic (exact) mass is 242 g/mol. The predicted molar refractivity (Wildman–Crippen MR) is 69.2 cm³/mol. The van der Waals surface area contributed by atoms with Gasteiger partial charge in [-0.15, -0.1) is 0 Å². The van der Waals surface area contributed by atoms with Gasteiger partial charge >= 0.3 is 5.97 Å². The number of likely N-dealkylation sites (tertiary alicyclic amines) is 1. The van der Waals surface area contributed by atoms with E-state index in [9.17, 15) is 4.79 Å². The fraction of sp³-hybridized carbons (Fsp3) is 0.923. The Morgan fingerprint density at radius 3 is 2.88 bits per heavy atom. The number of hydrogen-bond acceptors (Lipinski definition) is 3. The molecular weight excluding hydrogens is 216 g/mol. The molecular formula is C13H26N2O2. The van der Waals surface area contributed by atoms with Crippen molar-refractivity contribution in [2.24, 2.45) is 5.92 Å². The zero-order valence-electron chi connectivity index (χ0n) is 11.1. The molecule has 2 atom stereocenters. The summed E-state index contributed by atoms with van der Waals surface area (Å²) < 4.78 is 0. The first-order valence-electron chi connectivity index (χ1n) is 6.85. The van der Waals surface area contributed by atoms with E-state index in [2.05, 4.69) is 17.1 Å². The van der Waals surface area contributed by atoms with Crippen molar-refractivity contribution in [3.8, 4) is 0 Å². The molecule has 0 aliphatic carbocycles. The zero-order valence-corrected chi connectivity index (χ0v) is 11.1. The molecule has 17 heavy (non-hydrogen) atoms. The van der Waals surface area contributed by atoms with Crippen LogP contribution in [0.2, 0.25) is 0 Å². The van der Waals surface area contributed by atoms with Gasteiger partial charge < -0.3 is 15.3 Å². The van der Waals surface area contributed by atoms with Crippen LogP contribution in [0.15, 0.2) is 0 Å². The first-order valence-corrected chi connectivity index (χ1v) is 6.85. The molecule has 100 valence electrons. The second kappa shape index (κ2) is 7.67. The molecule has 0 aromatic carbocycles. The summed E-state index contributed by atoms with van der Waals surface area (Å²) in [5.74, 6) is 0.0852. The summed E-state index contributed by atoms with van der Waals surface area (Å²) in [6, 6.07) is -0.387.